The van der Waals surface area contributed by atoms with Gasteiger partial charge in [0.1, 0.15) is 5.69 Å². The molecule has 0 fully saturated rings. The van der Waals surface area contributed by atoms with Crippen LogP contribution in [-0.2, 0) is 11.8 Å². The van der Waals surface area contributed by atoms with Gasteiger partial charge in [0.15, 0.2) is 0 Å². The van der Waals surface area contributed by atoms with Crippen LogP contribution in [0.25, 0.3) is 5.69 Å². The van der Waals surface area contributed by atoms with E-state index in [0.717, 1.165) is 5.69 Å². The van der Waals surface area contributed by atoms with E-state index < -0.39 is 5.91 Å². The first-order chi connectivity index (χ1) is 12.1. The van der Waals surface area contributed by atoms with E-state index in [2.05, 4.69) is 15.5 Å². The van der Waals surface area contributed by atoms with Crippen LogP contribution in [0.1, 0.15) is 22.2 Å². The number of amides is 1. The summed E-state index contributed by atoms with van der Waals surface area (Å²) in [4.78, 5) is 24.7. The molecule has 3 rings (SSSR count). The number of methoxy groups -OCH3 is 1. The van der Waals surface area contributed by atoms with Crippen molar-refractivity contribution in [2.75, 3.05) is 13.7 Å². The van der Waals surface area contributed by atoms with Crippen molar-refractivity contribution in [2.45, 2.75) is 6.04 Å². The van der Waals surface area contributed by atoms with Gasteiger partial charge in [0.25, 0.3) is 11.5 Å². The molecule has 0 spiro atoms. The van der Waals surface area contributed by atoms with Gasteiger partial charge < -0.3 is 10.1 Å². The SMILES string of the molecule is COCC(NC(=O)c1cc(=O)n(-c2ccccc2)[nH]1)c1ccnn1C. The van der Waals surface area contributed by atoms with Crippen LogP contribution in [0, 0.1) is 0 Å². The van der Waals surface area contributed by atoms with E-state index in [4.69, 9.17) is 4.74 Å². The molecule has 1 unspecified atom stereocenters. The third kappa shape index (κ3) is 3.53. The number of H-pyrrole nitrogens is 1. The molecule has 0 saturated heterocycles. The topological polar surface area (TPSA) is 93.9 Å². The summed E-state index contributed by atoms with van der Waals surface area (Å²) in [5.41, 5.74) is 1.34. The number of aromatic nitrogens is 4. The first-order valence-electron chi connectivity index (χ1n) is 7.75. The molecular formula is C17H19N5O3. The molecule has 0 aliphatic rings. The van der Waals surface area contributed by atoms with Gasteiger partial charge in [0.2, 0.25) is 0 Å². The number of carbonyl (C=O) groups is 1. The fraction of sp³-hybridized carbons (Fsp3) is 0.235. The van der Waals surface area contributed by atoms with Crippen molar-refractivity contribution >= 4 is 5.91 Å². The maximum absolute atomic E-state index is 12.6. The van der Waals surface area contributed by atoms with E-state index >= 15 is 0 Å². The van der Waals surface area contributed by atoms with Crippen LogP contribution in [0.3, 0.4) is 0 Å². The van der Waals surface area contributed by atoms with Gasteiger partial charge in [-0.3, -0.25) is 19.4 Å². The number of para-hydroxylation sites is 1. The zero-order chi connectivity index (χ0) is 17.8. The quantitative estimate of drug-likeness (QED) is 0.700. The van der Waals surface area contributed by atoms with Crippen LogP contribution in [0.5, 0.6) is 0 Å². The van der Waals surface area contributed by atoms with Crippen molar-refractivity contribution < 1.29 is 9.53 Å². The Labute approximate surface area is 144 Å². The van der Waals surface area contributed by atoms with E-state index in [9.17, 15) is 9.59 Å². The number of nitrogens with zero attached hydrogens (tertiary/aromatic N) is 3. The average Bonchev–Trinajstić information content (AvgIpc) is 3.21. The molecule has 8 nitrogen and oxygen atoms in total. The minimum absolute atomic E-state index is 0.178. The fourth-order valence-electron chi connectivity index (χ4n) is 2.61. The second kappa shape index (κ2) is 7.18. The smallest absolute Gasteiger partial charge is 0.271 e. The van der Waals surface area contributed by atoms with Crippen molar-refractivity contribution in [1.82, 2.24) is 24.9 Å². The lowest BCUT2D eigenvalue weighted by molar-refractivity contribution is 0.0887. The number of benzene rings is 1. The van der Waals surface area contributed by atoms with E-state index in [-0.39, 0.29) is 23.9 Å². The van der Waals surface area contributed by atoms with Crippen LogP contribution in [0.15, 0.2) is 53.5 Å². The summed E-state index contributed by atoms with van der Waals surface area (Å²) in [6, 6.07) is 11.8. The Morgan fingerprint density at radius 1 is 1.32 bits per heavy atom. The minimum atomic E-state index is -0.393. The van der Waals surface area contributed by atoms with Gasteiger partial charge in [-0.25, -0.2) is 4.68 Å². The molecule has 1 aromatic carbocycles. The van der Waals surface area contributed by atoms with Crippen LogP contribution >= 0.6 is 0 Å². The number of nitrogens with one attached hydrogen (secondary N) is 2. The normalized spacial score (nSPS) is 12.1. The molecule has 8 heteroatoms. The van der Waals surface area contributed by atoms with E-state index in [1.165, 1.54) is 10.7 Å². The summed E-state index contributed by atoms with van der Waals surface area (Å²) >= 11 is 0. The van der Waals surface area contributed by atoms with Crippen LogP contribution < -0.4 is 10.9 Å². The standard InChI is InChI=1S/C17H19N5O3/c1-21-15(8-9-18-21)14(11-25-2)19-17(24)13-10-16(23)22(20-13)12-6-4-3-5-7-12/h3-10,14,20H,11H2,1-2H3,(H,19,24). The minimum Gasteiger partial charge on any atom is -0.382 e. The molecule has 0 radical (unpaired) electrons. The Hall–Kier alpha value is -3.13. The van der Waals surface area contributed by atoms with Gasteiger partial charge in [0, 0.05) is 26.4 Å². The monoisotopic (exact) mass is 341 g/mol. The van der Waals surface area contributed by atoms with E-state index in [0.29, 0.717) is 5.69 Å². The van der Waals surface area contributed by atoms with Crippen LogP contribution in [0.2, 0.25) is 0 Å². The molecule has 0 saturated carbocycles. The summed E-state index contributed by atoms with van der Waals surface area (Å²) in [7, 11) is 3.35. The molecule has 0 bridgehead atoms. The molecule has 1 amide bonds. The fourth-order valence-corrected chi connectivity index (χ4v) is 2.61. The lowest BCUT2D eigenvalue weighted by Crippen LogP contribution is -2.33. The number of carbonyl (C=O) groups excluding carboxylic acids is 1. The van der Waals surface area contributed by atoms with Crippen LogP contribution in [0.4, 0.5) is 0 Å². The maximum Gasteiger partial charge on any atom is 0.271 e. The van der Waals surface area contributed by atoms with Crippen molar-refractivity contribution in [2.24, 2.45) is 7.05 Å². The molecule has 3 aromatic rings. The van der Waals surface area contributed by atoms with Gasteiger partial charge in [0.05, 0.1) is 24.0 Å². The molecule has 0 aliphatic heterocycles. The Morgan fingerprint density at radius 2 is 2.08 bits per heavy atom. The average molecular weight is 341 g/mol. The molecule has 0 aliphatic carbocycles. The van der Waals surface area contributed by atoms with Crippen LogP contribution in [-0.4, -0.2) is 39.2 Å². The van der Waals surface area contributed by atoms with Gasteiger partial charge in [-0.1, -0.05) is 18.2 Å². The summed E-state index contributed by atoms with van der Waals surface area (Å²) in [5, 5.41) is 9.80. The number of aryl methyl sites for hydroxylation is 1. The highest BCUT2D eigenvalue weighted by Gasteiger charge is 2.20. The summed E-state index contributed by atoms with van der Waals surface area (Å²) in [5.74, 6) is -0.393. The molecule has 2 N–H and O–H groups in total. The van der Waals surface area contributed by atoms with Gasteiger partial charge in [-0.15, -0.1) is 0 Å². The van der Waals surface area contributed by atoms with Gasteiger partial charge >= 0.3 is 0 Å². The predicted octanol–water partition coefficient (Wildman–Crippen LogP) is 1.02. The second-order valence-corrected chi connectivity index (χ2v) is 5.54. The third-order valence-corrected chi connectivity index (χ3v) is 3.83. The summed E-state index contributed by atoms with van der Waals surface area (Å²) < 4.78 is 8.18. The molecule has 130 valence electrons. The predicted molar refractivity (Wildman–Crippen MR) is 91.7 cm³/mol. The highest BCUT2D eigenvalue weighted by Crippen LogP contribution is 2.13. The first-order valence-corrected chi connectivity index (χ1v) is 7.75. The zero-order valence-corrected chi connectivity index (χ0v) is 14.0. The lowest BCUT2D eigenvalue weighted by Gasteiger charge is -2.17. The van der Waals surface area contributed by atoms with Gasteiger partial charge in [-0.05, 0) is 18.2 Å². The number of aromatic amines is 1. The van der Waals surface area contributed by atoms with E-state index in [1.807, 2.05) is 24.3 Å². The summed E-state index contributed by atoms with van der Waals surface area (Å²) in [6.45, 7) is 0.287. The zero-order valence-electron chi connectivity index (χ0n) is 14.0. The first kappa shape index (κ1) is 16.7. The third-order valence-electron chi connectivity index (χ3n) is 3.83. The Morgan fingerprint density at radius 3 is 2.72 bits per heavy atom. The number of rotatable bonds is 6. The number of hydrogen-bond donors (Lipinski definition) is 2. The molecule has 1 atom stereocenters. The van der Waals surface area contributed by atoms with Gasteiger partial charge in [-0.2, -0.15) is 5.10 Å². The highest BCUT2D eigenvalue weighted by molar-refractivity contribution is 5.92. The van der Waals surface area contributed by atoms with Crippen molar-refractivity contribution in [3.8, 4) is 5.69 Å². The molecule has 25 heavy (non-hydrogen) atoms. The number of hydrogen-bond acceptors (Lipinski definition) is 4. The van der Waals surface area contributed by atoms with Crippen molar-refractivity contribution in [3.63, 3.8) is 0 Å². The second-order valence-electron chi connectivity index (χ2n) is 5.54. The number of ether oxygens (including phenoxy) is 1. The van der Waals surface area contributed by atoms with Crippen molar-refractivity contribution in [3.05, 3.63) is 70.4 Å². The molecule has 2 heterocycles. The Bertz CT molecular complexity index is 910. The molecular weight excluding hydrogens is 322 g/mol. The largest absolute Gasteiger partial charge is 0.382 e. The Kier molecular flexibility index (Phi) is 4.80. The van der Waals surface area contributed by atoms with E-state index in [1.54, 1.807) is 37.2 Å². The summed E-state index contributed by atoms with van der Waals surface area (Å²) in [6.07, 6.45) is 1.65. The maximum atomic E-state index is 12.6. The lowest BCUT2D eigenvalue weighted by atomic mass is 10.2. The molecule has 2 aromatic heterocycles. The Balaban J connectivity index is 1.83. The van der Waals surface area contributed by atoms with Crippen molar-refractivity contribution in [1.29, 1.82) is 0 Å². The highest BCUT2D eigenvalue weighted by atomic mass is 16.5.